The fourth-order valence-electron chi connectivity index (χ4n) is 2.54. The van der Waals surface area contributed by atoms with E-state index in [0.717, 1.165) is 13.1 Å². The lowest BCUT2D eigenvalue weighted by Crippen LogP contribution is -2.25. The minimum Gasteiger partial charge on any atom is -0.301 e. The van der Waals surface area contributed by atoms with E-state index < -0.39 is 0 Å². The summed E-state index contributed by atoms with van der Waals surface area (Å²) < 4.78 is 0. The Morgan fingerprint density at radius 3 is 1.59 bits per heavy atom. The van der Waals surface area contributed by atoms with E-state index in [4.69, 9.17) is 0 Å². The maximum absolute atomic E-state index is 4.39. The van der Waals surface area contributed by atoms with Crippen molar-refractivity contribution < 1.29 is 0 Å². The molecule has 0 bridgehead atoms. The van der Waals surface area contributed by atoms with Crippen LogP contribution in [0.2, 0.25) is 0 Å². The van der Waals surface area contributed by atoms with Crippen LogP contribution in [0.5, 0.6) is 0 Å². The van der Waals surface area contributed by atoms with Crippen LogP contribution < -0.4 is 0 Å². The van der Waals surface area contributed by atoms with Crippen molar-refractivity contribution in [1.29, 1.82) is 0 Å². The van der Waals surface area contributed by atoms with Crippen LogP contribution in [0.15, 0.2) is 15.0 Å². The van der Waals surface area contributed by atoms with Gasteiger partial charge in [0.25, 0.3) is 0 Å². The molecule has 1 rings (SSSR count). The zero-order chi connectivity index (χ0) is 12.5. The average molecular weight is 235 g/mol. The van der Waals surface area contributed by atoms with Crippen LogP contribution in [0.4, 0.5) is 0 Å². The normalized spacial score (nSPS) is 30.9. The molecule has 0 saturated heterocycles. The molecule has 0 aromatic heterocycles. The van der Waals surface area contributed by atoms with E-state index in [9.17, 15) is 0 Å². The maximum Gasteiger partial charge on any atom is 0.0357 e. The molecule has 0 aliphatic heterocycles. The maximum atomic E-state index is 4.39. The van der Waals surface area contributed by atoms with Crippen molar-refractivity contribution in [3.8, 4) is 0 Å². The molecule has 1 aliphatic carbocycles. The third-order valence-electron chi connectivity index (χ3n) is 3.17. The first kappa shape index (κ1) is 14.1. The highest BCUT2D eigenvalue weighted by Crippen LogP contribution is 2.30. The lowest BCUT2D eigenvalue weighted by Gasteiger charge is -2.29. The Balaban J connectivity index is 2.61. The van der Waals surface area contributed by atoms with Crippen molar-refractivity contribution in [3.05, 3.63) is 0 Å². The van der Waals surface area contributed by atoms with E-state index in [1.54, 1.807) is 0 Å². The van der Waals surface area contributed by atoms with Crippen LogP contribution in [0, 0.1) is 17.8 Å². The molecule has 1 saturated carbocycles. The van der Waals surface area contributed by atoms with Gasteiger partial charge in [-0.15, -0.1) is 0 Å². The predicted molar refractivity (Wildman–Crippen MR) is 76.8 cm³/mol. The van der Waals surface area contributed by atoms with Crippen molar-refractivity contribution in [1.82, 2.24) is 0 Å². The second kappa shape index (κ2) is 8.15. The number of nitrogens with zero attached hydrogens (tertiary/aromatic N) is 3. The van der Waals surface area contributed by atoms with Gasteiger partial charge in [0.1, 0.15) is 0 Å². The molecule has 0 aromatic carbocycles. The summed E-state index contributed by atoms with van der Waals surface area (Å²) in [6.07, 6.45) is 9.96. The Kier molecular flexibility index (Phi) is 6.75. The average Bonchev–Trinajstić information content (AvgIpc) is 2.34. The highest BCUT2D eigenvalue weighted by molar-refractivity contribution is 5.69. The standard InChI is InChI=1S/C14H25N3/c1-4-16-10-13-6-12(9-15-3)7-14(8-13)11-17-5-2/h9-14H,4-8H2,1-3H3. The van der Waals surface area contributed by atoms with Crippen molar-refractivity contribution in [3.63, 3.8) is 0 Å². The molecule has 1 fully saturated rings. The first-order valence-corrected chi connectivity index (χ1v) is 6.72. The number of hydrogen-bond acceptors (Lipinski definition) is 3. The van der Waals surface area contributed by atoms with E-state index in [2.05, 4.69) is 47.5 Å². The molecule has 0 radical (unpaired) electrons. The molecule has 17 heavy (non-hydrogen) atoms. The summed E-state index contributed by atoms with van der Waals surface area (Å²) in [6.45, 7) is 5.94. The van der Waals surface area contributed by atoms with Crippen LogP contribution >= 0.6 is 0 Å². The van der Waals surface area contributed by atoms with E-state index >= 15 is 0 Å². The van der Waals surface area contributed by atoms with Gasteiger partial charge in [0, 0.05) is 38.8 Å². The van der Waals surface area contributed by atoms with Crippen LogP contribution in [0.1, 0.15) is 33.1 Å². The zero-order valence-corrected chi connectivity index (χ0v) is 11.3. The smallest absolute Gasteiger partial charge is 0.0357 e. The molecule has 1 aliphatic rings. The van der Waals surface area contributed by atoms with Gasteiger partial charge < -0.3 is 4.99 Å². The molecule has 2 atom stereocenters. The Morgan fingerprint density at radius 1 is 0.824 bits per heavy atom. The Bertz CT molecular complexity index is 259. The van der Waals surface area contributed by atoms with Crippen molar-refractivity contribution >= 4 is 18.6 Å². The van der Waals surface area contributed by atoms with Crippen molar-refractivity contribution in [2.45, 2.75) is 33.1 Å². The van der Waals surface area contributed by atoms with Gasteiger partial charge in [-0.2, -0.15) is 0 Å². The minimum absolute atomic E-state index is 0.593. The van der Waals surface area contributed by atoms with E-state index in [1.807, 2.05) is 7.05 Å². The van der Waals surface area contributed by atoms with E-state index in [-0.39, 0.29) is 0 Å². The van der Waals surface area contributed by atoms with Gasteiger partial charge in [0.05, 0.1) is 0 Å². The lowest BCUT2D eigenvalue weighted by molar-refractivity contribution is 0.349. The highest BCUT2D eigenvalue weighted by Gasteiger charge is 2.25. The van der Waals surface area contributed by atoms with Gasteiger partial charge in [-0.25, -0.2) is 0 Å². The Labute approximate surface area is 105 Å². The quantitative estimate of drug-likeness (QED) is 0.657. The first-order chi connectivity index (χ1) is 8.30. The minimum atomic E-state index is 0.593. The topological polar surface area (TPSA) is 37.1 Å². The van der Waals surface area contributed by atoms with Gasteiger partial charge >= 0.3 is 0 Å². The van der Waals surface area contributed by atoms with Gasteiger partial charge in [-0.3, -0.25) is 9.98 Å². The predicted octanol–water partition coefficient (Wildman–Crippen LogP) is 2.90. The summed E-state index contributed by atoms with van der Waals surface area (Å²) >= 11 is 0. The molecular formula is C14H25N3. The fraction of sp³-hybridized carbons (Fsp3) is 0.786. The molecule has 2 unspecified atom stereocenters. The summed E-state index contributed by atoms with van der Waals surface area (Å²) in [6, 6.07) is 0. The van der Waals surface area contributed by atoms with Gasteiger partial charge in [-0.05, 0) is 50.9 Å². The SMILES string of the molecule is CCN=CC1CC(C=NC)CC(C=NCC)C1. The van der Waals surface area contributed by atoms with Crippen LogP contribution in [0.25, 0.3) is 0 Å². The number of aliphatic imine (C=N–C) groups is 3. The first-order valence-electron chi connectivity index (χ1n) is 6.72. The number of hydrogen-bond donors (Lipinski definition) is 0. The van der Waals surface area contributed by atoms with Crippen LogP contribution in [0.3, 0.4) is 0 Å². The molecule has 3 nitrogen and oxygen atoms in total. The van der Waals surface area contributed by atoms with Crippen LogP contribution in [-0.4, -0.2) is 38.8 Å². The van der Waals surface area contributed by atoms with Gasteiger partial charge in [-0.1, -0.05) is 0 Å². The summed E-state index contributed by atoms with van der Waals surface area (Å²) in [5.41, 5.74) is 0. The molecular weight excluding hydrogens is 210 g/mol. The molecule has 0 aromatic rings. The van der Waals surface area contributed by atoms with E-state index in [1.165, 1.54) is 19.3 Å². The summed E-state index contributed by atoms with van der Waals surface area (Å²) in [5, 5.41) is 0. The number of rotatable bonds is 5. The summed E-state index contributed by atoms with van der Waals surface area (Å²) in [7, 11) is 1.86. The molecule has 96 valence electrons. The third-order valence-corrected chi connectivity index (χ3v) is 3.17. The Hall–Kier alpha value is -0.990. The van der Waals surface area contributed by atoms with Crippen molar-refractivity contribution in [2.75, 3.05) is 20.1 Å². The van der Waals surface area contributed by atoms with Gasteiger partial charge in [0.2, 0.25) is 0 Å². The van der Waals surface area contributed by atoms with E-state index in [0.29, 0.717) is 17.8 Å². The molecule has 0 spiro atoms. The Morgan fingerprint density at radius 2 is 1.24 bits per heavy atom. The molecule has 3 heteroatoms. The second-order valence-corrected chi connectivity index (χ2v) is 4.69. The highest BCUT2D eigenvalue weighted by atomic mass is 14.7. The van der Waals surface area contributed by atoms with Gasteiger partial charge in [0.15, 0.2) is 0 Å². The van der Waals surface area contributed by atoms with Crippen molar-refractivity contribution in [2.24, 2.45) is 32.7 Å². The second-order valence-electron chi connectivity index (χ2n) is 4.69. The monoisotopic (exact) mass is 235 g/mol. The summed E-state index contributed by atoms with van der Waals surface area (Å²) in [4.78, 5) is 13.0. The molecule has 0 heterocycles. The zero-order valence-electron chi connectivity index (χ0n) is 11.3. The van der Waals surface area contributed by atoms with Crippen LogP contribution in [-0.2, 0) is 0 Å². The fourth-order valence-corrected chi connectivity index (χ4v) is 2.54. The molecule has 0 amide bonds. The largest absolute Gasteiger partial charge is 0.301 e. The lowest BCUT2D eigenvalue weighted by atomic mass is 9.76. The third kappa shape index (κ3) is 5.24. The summed E-state index contributed by atoms with van der Waals surface area (Å²) in [5.74, 6) is 1.79. The molecule has 0 N–H and O–H groups in total.